The second kappa shape index (κ2) is 4.77. The molecule has 0 radical (unpaired) electrons. The first-order valence-corrected chi connectivity index (χ1v) is 6.16. The molecule has 1 heterocycles. The average Bonchev–Trinajstić information content (AvgIpc) is 3.16. The summed E-state index contributed by atoms with van der Waals surface area (Å²) in [7, 11) is 0. The van der Waals surface area contributed by atoms with Gasteiger partial charge in [0.05, 0.1) is 12.6 Å². The molecule has 1 aliphatic carbocycles. The van der Waals surface area contributed by atoms with E-state index in [4.69, 9.17) is 5.73 Å². The zero-order chi connectivity index (χ0) is 13.2. The summed E-state index contributed by atoms with van der Waals surface area (Å²) >= 11 is 0. The van der Waals surface area contributed by atoms with Crippen molar-refractivity contribution in [1.29, 1.82) is 0 Å². The molecule has 0 unspecified atom stereocenters. The summed E-state index contributed by atoms with van der Waals surface area (Å²) in [6.07, 6.45) is 2.23. The van der Waals surface area contributed by atoms with Gasteiger partial charge in [0.1, 0.15) is 0 Å². The van der Waals surface area contributed by atoms with Crippen molar-refractivity contribution in [3.05, 3.63) is 24.3 Å². The number of rotatable bonds is 4. The van der Waals surface area contributed by atoms with Crippen LogP contribution in [0.3, 0.4) is 0 Å². The molecule has 7 heteroatoms. The fraction of sp³-hybridized carbons (Fsp3) is 0.333. The van der Waals surface area contributed by atoms with Gasteiger partial charge in [-0.05, 0) is 35.4 Å². The number of carbonyl (C=O) groups is 1. The minimum Gasteiger partial charge on any atom is -0.325 e. The Bertz CT molecular complexity index is 604. The number of amides is 1. The minimum absolute atomic E-state index is 0.0377. The molecule has 1 amide bonds. The van der Waals surface area contributed by atoms with E-state index in [2.05, 4.69) is 20.8 Å². The lowest BCUT2D eigenvalue weighted by molar-refractivity contribution is -0.114. The van der Waals surface area contributed by atoms with Gasteiger partial charge < -0.3 is 11.1 Å². The third-order valence-electron chi connectivity index (χ3n) is 2.98. The number of tetrazole rings is 1. The molecule has 0 spiro atoms. The zero-order valence-electron chi connectivity index (χ0n) is 10.3. The molecule has 1 saturated carbocycles. The summed E-state index contributed by atoms with van der Waals surface area (Å²) in [6.45, 7) is -0.0377. The molecule has 0 atom stereocenters. The van der Waals surface area contributed by atoms with E-state index in [0.717, 1.165) is 24.2 Å². The van der Waals surface area contributed by atoms with Crippen LogP contribution in [0.15, 0.2) is 24.3 Å². The van der Waals surface area contributed by atoms with Gasteiger partial charge in [0.25, 0.3) is 0 Å². The maximum atomic E-state index is 11.3. The number of nitrogens with one attached hydrogen (secondary N) is 1. The molecule has 19 heavy (non-hydrogen) atoms. The van der Waals surface area contributed by atoms with Crippen LogP contribution in [0.4, 0.5) is 5.69 Å². The lowest BCUT2D eigenvalue weighted by Crippen LogP contribution is -2.21. The molecule has 1 aromatic carbocycles. The molecular weight excluding hydrogens is 244 g/mol. The van der Waals surface area contributed by atoms with E-state index in [9.17, 15) is 4.79 Å². The second-order valence-electron chi connectivity index (χ2n) is 4.51. The molecule has 3 rings (SSSR count). The van der Waals surface area contributed by atoms with Crippen molar-refractivity contribution in [1.82, 2.24) is 20.2 Å². The molecular formula is C12H14N6O. The van der Waals surface area contributed by atoms with E-state index < -0.39 is 0 Å². The van der Waals surface area contributed by atoms with Crippen molar-refractivity contribution in [2.75, 3.05) is 11.9 Å². The van der Waals surface area contributed by atoms with Gasteiger partial charge >= 0.3 is 0 Å². The van der Waals surface area contributed by atoms with Crippen LogP contribution >= 0.6 is 0 Å². The first-order chi connectivity index (χ1) is 9.28. The second-order valence-corrected chi connectivity index (χ2v) is 4.51. The molecule has 1 aliphatic rings. The Hall–Kier alpha value is -2.28. The minimum atomic E-state index is -0.223. The Kier molecular flexibility index (Phi) is 2.96. The van der Waals surface area contributed by atoms with Crippen molar-refractivity contribution < 1.29 is 4.79 Å². The van der Waals surface area contributed by atoms with E-state index >= 15 is 0 Å². The third-order valence-corrected chi connectivity index (χ3v) is 2.98. The predicted octanol–water partition coefficient (Wildman–Crippen LogP) is 0.572. The standard InChI is InChI=1S/C12H14N6O/c13-7-11(19)14-9-3-1-2-8(6-9)12-15-16-17-18(12)10-4-5-10/h1-3,6,10H,4-5,7,13H2,(H,14,19). The van der Waals surface area contributed by atoms with Gasteiger partial charge in [-0.15, -0.1) is 5.10 Å². The highest BCUT2D eigenvalue weighted by Crippen LogP contribution is 2.36. The van der Waals surface area contributed by atoms with Crippen LogP contribution in [0.2, 0.25) is 0 Å². The van der Waals surface area contributed by atoms with Gasteiger partial charge in [-0.2, -0.15) is 0 Å². The van der Waals surface area contributed by atoms with Crippen molar-refractivity contribution in [3.63, 3.8) is 0 Å². The Morgan fingerprint density at radius 3 is 3.05 bits per heavy atom. The molecule has 1 fully saturated rings. The largest absolute Gasteiger partial charge is 0.325 e. The van der Waals surface area contributed by atoms with Crippen molar-refractivity contribution in [2.24, 2.45) is 5.73 Å². The monoisotopic (exact) mass is 258 g/mol. The third kappa shape index (κ3) is 2.45. The van der Waals surface area contributed by atoms with Crippen LogP contribution in [0.25, 0.3) is 11.4 Å². The maximum Gasteiger partial charge on any atom is 0.238 e. The van der Waals surface area contributed by atoms with Crippen LogP contribution in [0.5, 0.6) is 0 Å². The van der Waals surface area contributed by atoms with Gasteiger partial charge in [0.15, 0.2) is 5.82 Å². The number of nitrogens with two attached hydrogens (primary N) is 1. The number of carbonyl (C=O) groups excluding carboxylic acids is 1. The topological polar surface area (TPSA) is 98.7 Å². The number of hydrogen-bond acceptors (Lipinski definition) is 5. The number of benzene rings is 1. The smallest absolute Gasteiger partial charge is 0.238 e. The number of nitrogens with zero attached hydrogens (tertiary/aromatic N) is 4. The fourth-order valence-electron chi connectivity index (χ4n) is 1.90. The lowest BCUT2D eigenvalue weighted by atomic mass is 10.2. The number of anilines is 1. The first-order valence-electron chi connectivity index (χ1n) is 6.16. The molecule has 1 aromatic heterocycles. The van der Waals surface area contributed by atoms with Gasteiger partial charge in [-0.25, -0.2) is 4.68 Å². The van der Waals surface area contributed by atoms with Gasteiger partial charge in [-0.3, -0.25) is 4.79 Å². The highest BCUT2D eigenvalue weighted by Gasteiger charge is 2.28. The summed E-state index contributed by atoms with van der Waals surface area (Å²) < 4.78 is 1.84. The fourth-order valence-corrected chi connectivity index (χ4v) is 1.90. The van der Waals surface area contributed by atoms with Crippen LogP contribution in [-0.4, -0.2) is 32.7 Å². The van der Waals surface area contributed by atoms with Crippen LogP contribution in [-0.2, 0) is 4.79 Å². The average molecular weight is 258 g/mol. The zero-order valence-corrected chi connectivity index (χ0v) is 10.3. The van der Waals surface area contributed by atoms with E-state index in [-0.39, 0.29) is 12.5 Å². The molecule has 0 aliphatic heterocycles. The Morgan fingerprint density at radius 1 is 1.47 bits per heavy atom. The molecule has 3 N–H and O–H groups in total. The van der Waals surface area contributed by atoms with E-state index in [1.165, 1.54) is 0 Å². The van der Waals surface area contributed by atoms with Gasteiger partial charge in [0.2, 0.25) is 5.91 Å². The molecule has 0 saturated heterocycles. The van der Waals surface area contributed by atoms with E-state index in [0.29, 0.717) is 11.7 Å². The Morgan fingerprint density at radius 2 is 2.32 bits per heavy atom. The summed E-state index contributed by atoms with van der Waals surface area (Å²) in [5.74, 6) is 0.505. The Labute approximate surface area is 109 Å². The van der Waals surface area contributed by atoms with Crippen LogP contribution < -0.4 is 11.1 Å². The molecule has 0 bridgehead atoms. The summed E-state index contributed by atoms with van der Waals surface area (Å²) in [5, 5.41) is 14.5. The van der Waals surface area contributed by atoms with Crippen molar-refractivity contribution in [2.45, 2.75) is 18.9 Å². The number of hydrogen-bond donors (Lipinski definition) is 2. The van der Waals surface area contributed by atoms with Gasteiger partial charge in [0, 0.05) is 11.3 Å². The first kappa shape index (κ1) is 11.8. The van der Waals surface area contributed by atoms with Crippen LogP contribution in [0.1, 0.15) is 18.9 Å². The predicted molar refractivity (Wildman–Crippen MR) is 69.2 cm³/mol. The van der Waals surface area contributed by atoms with Gasteiger partial charge in [-0.1, -0.05) is 12.1 Å². The van der Waals surface area contributed by atoms with E-state index in [1.807, 2.05) is 28.9 Å². The summed E-state index contributed by atoms with van der Waals surface area (Å²) in [4.78, 5) is 11.3. The van der Waals surface area contributed by atoms with Crippen molar-refractivity contribution >= 4 is 11.6 Å². The highest BCUT2D eigenvalue weighted by atomic mass is 16.1. The van der Waals surface area contributed by atoms with Crippen molar-refractivity contribution in [3.8, 4) is 11.4 Å². The SMILES string of the molecule is NCC(=O)Nc1cccc(-c2nnnn2C2CC2)c1. The molecule has 2 aromatic rings. The Balaban J connectivity index is 1.90. The normalized spacial score (nSPS) is 14.4. The lowest BCUT2D eigenvalue weighted by Gasteiger charge is -2.06. The maximum absolute atomic E-state index is 11.3. The van der Waals surface area contributed by atoms with Crippen LogP contribution in [0, 0.1) is 0 Å². The quantitative estimate of drug-likeness (QED) is 0.835. The van der Waals surface area contributed by atoms with E-state index in [1.54, 1.807) is 0 Å². The number of aromatic nitrogens is 4. The summed E-state index contributed by atoms with van der Waals surface area (Å²) in [6, 6.07) is 7.84. The highest BCUT2D eigenvalue weighted by molar-refractivity contribution is 5.92. The molecule has 98 valence electrons. The summed E-state index contributed by atoms with van der Waals surface area (Å²) in [5.41, 5.74) is 6.85. The molecule has 7 nitrogen and oxygen atoms in total.